The van der Waals surface area contributed by atoms with Crippen molar-refractivity contribution in [3.05, 3.63) is 84.7 Å². The lowest BCUT2D eigenvalue weighted by Gasteiger charge is -2.26. The molecule has 0 bridgehead atoms. The van der Waals surface area contributed by atoms with E-state index in [1.807, 2.05) is 37.5 Å². The monoisotopic (exact) mass is 589 g/mol. The molecule has 0 spiro atoms. The van der Waals surface area contributed by atoms with Crippen LogP contribution in [-0.4, -0.2) is 75.3 Å². The molecule has 0 amide bonds. The van der Waals surface area contributed by atoms with Crippen LogP contribution >= 0.6 is 0 Å². The number of piperidine rings is 1. The molecule has 8 nitrogen and oxygen atoms in total. The first-order chi connectivity index (χ1) is 21.5. The van der Waals surface area contributed by atoms with Gasteiger partial charge in [0.25, 0.3) is 0 Å². The zero-order valence-electron chi connectivity index (χ0n) is 25.1. The van der Waals surface area contributed by atoms with Crippen molar-refractivity contribution in [1.82, 2.24) is 34.9 Å². The summed E-state index contributed by atoms with van der Waals surface area (Å²) in [7, 11) is 3.96. The third kappa shape index (κ3) is 5.93. The Kier molecular flexibility index (Phi) is 7.80. The van der Waals surface area contributed by atoms with Crippen LogP contribution in [0.3, 0.4) is 0 Å². The summed E-state index contributed by atoms with van der Waals surface area (Å²) in [5, 5.41) is 9.81. The van der Waals surface area contributed by atoms with Gasteiger partial charge in [0.2, 0.25) is 0 Å². The molecule has 5 heterocycles. The molecule has 0 radical (unpaired) electrons. The molecule has 1 aliphatic rings. The highest BCUT2D eigenvalue weighted by atomic mass is 19.1. The number of nitrogens with zero attached hydrogens (tertiary/aromatic N) is 5. The number of likely N-dealkylation sites (N-methyl/N-ethyl adjacent to an activating group) is 1. The first-order valence-corrected chi connectivity index (χ1v) is 15.2. The largest absolute Gasteiger partial charge is 0.492 e. The average Bonchev–Trinajstić information content (AvgIpc) is 3.65. The standard InChI is InChI=1S/C35H36FN7O/c1-42(2)10-11-44-28-14-25(13-27(36)16-28)31-20-38-21-34-29(31)17-33(39-34)35-30-15-24(6-7-32(30)40-41-35)26-12-23(18-37-19-26)22-43-8-4-3-5-9-43/h6-7,12-21,39H,3-5,8-11,22H2,1-2H3,(H,40,41). The van der Waals surface area contributed by atoms with Crippen molar-refractivity contribution in [2.45, 2.75) is 25.8 Å². The number of hydrogen-bond acceptors (Lipinski definition) is 6. The maximum absolute atomic E-state index is 14.7. The van der Waals surface area contributed by atoms with Gasteiger partial charge in [-0.2, -0.15) is 5.10 Å². The van der Waals surface area contributed by atoms with Gasteiger partial charge in [0.05, 0.1) is 22.9 Å². The van der Waals surface area contributed by atoms with Crippen molar-refractivity contribution in [3.63, 3.8) is 0 Å². The molecule has 6 aromatic rings. The van der Waals surface area contributed by atoms with E-state index < -0.39 is 0 Å². The first-order valence-electron chi connectivity index (χ1n) is 15.2. The number of nitrogens with one attached hydrogen (secondary N) is 2. The van der Waals surface area contributed by atoms with Crippen LogP contribution in [0.15, 0.2) is 73.3 Å². The second kappa shape index (κ2) is 12.2. The lowest BCUT2D eigenvalue weighted by molar-refractivity contribution is 0.220. The lowest BCUT2D eigenvalue weighted by atomic mass is 10.0. The third-order valence-electron chi connectivity index (χ3n) is 8.34. The highest BCUT2D eigenvalue weighted by Gasteiger charge is 2.16. The molecule has 0 unspecified atom stereocenters. The molecule has 2 aromatic carbocycles. The van der Waals surface area contributed by atoms with Crippen LogP contribution < -0.4 is 4.74 Å². The summed E-state index contributed by atoms with van der Waals surface area (Å²) in [6, 6.07) is 15.5. The van der Waals surface area contributed by atoms with Gasteiger partial charge in [-0.15, -0.1) is 0 Å². The van der Waals surface area contributed by atoms with Crippen LogP contribution in [0, 0.1) is 5.82 Å². The van der Waals surface area contributed by atoms with E-state index in [1.54, 1.807) is 12.4 Å². The molecule has 0 atom stereocenters. The lowest BCUT2D eigenvalue weighted by Crippen LogP contribution is -2.29. The number of H-pyrrole nitrogens is 2. The Bertz CT molecular complexity index is 1920. The van der Waals surface area contributed by atoms with Crippen molar-refractivity contribution in [2.24, 2.45) is 0 Å². The maximum Gasteiger partial charge on any atom is 0.127 e. The van der Waals surface area contributed by atoms with Crippen LogP contribution in [0.5, 0.6) is 5.75 Å². The highest BCUT2D eigenvalue weighted by molar-refractivity contribution is 6.01. The molecule has 224 valence electrons. The van der Waals surface area contributed by atoms with Crippen molar-refractivity contribution in [1.29, 1.82) is 0 Å². The summed E-state index contributed by atoms with van der Waals surface area (Å²) in [6.07, 6.45) is 11.3. The highest BCUT2D eigenvalue weighted by Crippen LogP contribution is 2.36. The zero-order valence-corrected chi connectivity index (χ0v) is 25.1. The number of likely N-dealkylation sites (tertiary alicyclic amines) is 1. The molecule has 0 aliphatic carbocycles. The fourth-order valence-electron chi connectivity index (χ4n) is 6.06. The number of fused-ring (bicyclic) bond motifs is 2. The topological polar surface area (TPSA) is 86.0 Å². The van der Waals surface area contributed by atoms with Crippen LogP contribution in [0.25, 0.3) is 55.4 Å². The fourth-order valence-corrected chi connectivity index (χ4v) is 6.06. The quantitative estimate of drug-likeness (QED) is 0.191. The van der Waals surface area contributed by atoms with Gasteiger partial charge in [-0.25, -0.2) is 4.39 Å². The predicted molar refractivity (Wildman–Crippen MR) is 173 cm³/mol. The van der Waals surface area contributed by atoms with Crippen LogP contribution in [0.4, 0.5) is 4.39 Å². The Morgan fingerprint density at radius 2 is 1.70 bits per heavy atom. The van der Waals surface area contributed by atoms with Crippen molar-refractivity contribution >= 4 is 21.8 Å². The third-order valence-corrected chi connectivity index (χ3v) is 8.34. The number of pyridine rings is 2. The van der Waals surface area contributed by atoms with Gasteiger partial charge in [0, 0.05) is 59.6 Å². The molecular weight excluding hydrogens is 553 g/mol. The molecule has 2 N–H and O–H groups in total. The van der Waals surface area contributed by atoms with Gasteiger partial charge in [0.1, 0.15) is 23.9 Å². The summed E-state index contributed by atoms with van der Waals surface area (Å²) in [6.45, 7) is 4.45. The summed E-state index contributed by atoms with van der Waals surface area (Å²) in [5.74, 6) is 0.144. The van der Waals surface area contributed by atoms with Gasteiger partial charge in [-0.3, -0.25) is 20.0 Å². The molecular formula is C35H36FN7O. The van der Waals surface area contributed by atoms with E-state index in [0.717, 1.165) is 76.1 Å². The second-order valence-corrected chi connectivity index (χ2v) is 11.9. The SMILES string of the molecule is CN(C)CCOc1cc(F)cc(-c2cncc3[nH]c(-c4n[nH]c5ccc(-c6cncc(CN7CCCCC7)c6)cc45)cc23)c1. The van der Waals surface area contributed by atoms with E-state index in [-0.39, 0.29) is 5.82 Å². The molecule has 7 rings (SSSR count). The first kappa shape index (κ1) is 28.2. The van der Waals surface area contributed by atoms with Gasteiger partial charge < -0.3 is 14.6 Å². The average molecular weight is 590 g/mol. The molecule has 0 saturated carbocycles. The van der Waals surface area contributed by atoms with Gasteiger partial charge in [-0.1, -0.05) is 12.5 Å². The minimum Gasteiger partial charge on any atom is -0.492 e. The van der Waals surface area contributed by atoms with E-state index in [4.69, 9.17) is 4.74 Å². The zero-order chi connectivity index (χ0) is 30.0. The summed E-state index contributed by atoms with van der Waals surface area (Å²) in [5.41, 5.74) is 8.40. The van der Waals surface area contributed by atoms with Gasteiger partial charge >= 0.3 is 0 Å². The number of benzene rings is 2. The number of aromatic amines is 2. The maximum atomic E-state index is 14.7. The molecule has 1 fully saturated rings. The predicted octanol–water partition coefficient (Wildman–Crippen LogP) is 6.90. The Morgan fingerprint density at radius 1 is 0.841 bits per heavy atom. The van der Waals surface area contributed by atoms with Crippen molar-refractivity contribution in [3.8, 4) is 39.4 Å². The number of rotatable bonds is 9. The molecule has 9 heteroatoms. The van der Waals surface area contributed by atoms with Crippen LogP contribution in [0.1, 0.15) is 24.8 Å². The smallest absolute Gasteiger partial charge is 0.127 e. The fraction of sp³-hybridized carbons (Fsp3) is 0.286. The summed E-state index contributed by atoms with van der Waals surface area (Å²) < 4.78 is 20.5. The summed E-state index contributed by atoms with van der Waals surface area (Å²) >= 11 is 0. The Labute approximate surface area is 255 Å². The normalized spacial score (nSPS) is 14.2. The minimum absolute atomic E-state index is 0.351. The molecule has 1 saturated heterocycles. The van der Waals surface area contributed by atoms with Gasteiger partial charge in [-0.05, 0) is 93.1 Å². The van der Waals surface area contributed by atoms with E-state index in [9.17, 15) is 4.39 Å². The van der Waals surface area contributed by atoms with E-state index in [1.165, 1.54) is 37.0 Å². The van der Waals surface area contributed by atoms with Crippen molar-refractivity contribution < 1.29 is 9.13 Å². The summed E-state index contributed by atoms with van der Waals surface area (Å²) in [4.78, 5) is 17.1. The Hall–Kier alpha value is -4.60. The second-order valence-electron chi connectivity index (χ2n) is 11.9. The van der Waals surface area contributed by atoms with E-state index >= 15 is 0 Å². The number of halogens is 1. The molecule has 44 heavy (non-hydrogen) atoms. The van der Waals surface area contributed by atoms with E-state index in [0.29, 0.717) is 17.9 Å². The van der Waals surface area contributed by atoms with E-state index in [2.05, 4.69) is 60.4 Å². The molecule has 1 aliphatic heterocycles. The number of aromatic nitrogens is 5. The molecule has 4 aromatic heterocycles. The van der Waals surface area contributed by atoms with Gasteiger partial charge in [0.15, 0.2) is 0 Å². The number of ether oxygens (including phenoxy) is 1. The number of hydrogen-bond donors (Lipinski definition) is 2. The Morgan fingerprint density at radius 3 is 2.57 bits per heavy atom. The van der Waals surface area contributed by atoms with Crippen LogP contribution in [-0.2, 0) is 6.54 Å². The minimum atomic E-state index is -0.351. The Balaban J connectivity index is 1.21. The van der Waals surface area contributed by atoms with Crippen LogP contribution in [0.2, 0.25) is 0 Å². The van der Waals surface area contributed by atoms with Crippen molar-refractivity contribution in [2.75, 3.05) is 40.3 Å².